The summed E-state index contributed by atoms with van der Waals surface area (Å²) in [6.45, 7) is 3.45. The first-order valence-electron chi connectivity index (χ1n) is 8.10. The van der Waals surface area contributed by atoms with Crippen molar-refractivity contribution in [3.8, 4) is 0 Å². The van der Waals surface area contributed by atoms with E-state index < -0.39 is 11.9 Å². The van der Waals surface area contributed by atoms with Gasteiger partial charge in [-0.05, 0) is 60.7 Å². The van der Waals surface area contributed by atoms with E-state index in [0.717, 1.165) is 12.5 Å². The highest BCUT2D eigenvalue weighted by atomic mass is 32.1. The van der Waals surface area contributed by atoms with Crippen LogP contribution in [0.4, 0.5) is 0 Å². The van der Waals surface area contributed by atoms with Crippen molar-refractivity contribution in [2.45, 2.75) is 44.6 Å². The van der Waals surface area contributed by atoms with Crippen molar-refractivity contribution in [1.29, 1.82) is 0 Å². The van der Waals surface area contributed by atoms with Crippen LogP contribution in [-0.4, -0.2) is 34.7 Å². The van der Waals surface area contributed by atoms with Crippen molar-refractivity contribution < 1.29 is 19.8 Å². The van der Waals surface area contributed by atoms with Gasteiger partial charge in [0.05, 0.1) is 12.8 Å². The van der Waals surface area contributed by atoms with Crippen LogP contribution in [0.2, 0.25) is 0 Å². The number of hydrogen-bond donors (Lipinski definition) is 3. The fourth-order valence-electron chi connectivity index (χ4n) is 3.00. The first kappa shape index (κ1) is 18.4. The van der Waals surface area contributed by atoms with Gasteiger partial charge < -0.3 is 15.5 Å². The quantitative estimate of drug-likeness (QED) is 0.783. The van der Waals surface area contributed by atoms with Gasteiger partial charge in [-0.3, -0.25) is 9.59 Å². The van der Waals surface area contributed by atoms with Crippen LogP contribution in [0.15, 0.2) is 29.6 Å². The number of benzene rings is 1. The van der Waals surface area contributed by atoms with Crippen molar-refractivity contribution >= 4 is 33.4 Å². The second-order valence-corrected chi connectivity index (χ2v) is 6.99. The van der Waals surface area contributed by atoms with E-state index in [1.165, 1.54) is 22.9 Å². The number of fused-ring (bicyclic) bond motifs is 1. The highest BCUT2D eigenvalue weighted by Crippen LogP contribution is 2.34. The maximum Gasteiger partial charge on any atom is 0.303 e. The van der Waals surface area contributed by atoms with Crippen LogP contribution < -0.4 is 5.32 Å². The van der Waals surface area contributed by atoms with Crippen LogP contribution in [0.1, 0.15) is 44.1 Å². The largest absolute Gasteiger partial charge is 0.481 e. The molecule has 3 rings (SSSR count). The average Bonchev–Trinajstić information content (AvgIpc) is 3.02. The molecule has 24 heavy (non-hydrogen) atoms. The molecule has 1 aromatic carbocycles. The van der Waals surface area contributed by atoms with Crippen molar-refractivity contribution in [1.82, 2.24) is 5.32 Å². The lowest BCUT2D eigenvalue weighted by molar-refractivity contribution is -0.143. The van der Waals surface area contributed by atoms with E-state index in [9.17, 15) is 9.59 Å². The topological polar surface area (TPSA) is 86.6 Å². The molecule has 0 saturated carbocycles. The number of aliphatic carboxylic acids is 2. The fraction of sp³-hybridized carbons (Fsp3) is 0.444. The number of rotatable bonds is 4. The summed E-state index contributed by atoms with van der Waals surface area (Å²) in [5, 5.41) is 23.0. The zero-order chi connectivity index (χ0) is 17.5. The van der Waals surface area contributed by atoms with E-state index >= 15 is 0 Å². The molecule has 130 valence electrons. The summed E-state index contributed by atoms with van der Waals surface area (Å²) in [7, 11) is 0. The van der Waals surface area contributed by atoms with Crippen LogP contribution >= 0.6 is 11.3 Å². The summed E-state index contributed by atoms with van der Waals surface area (Å²) in [5.74, 6) is -1.41. The molecule has 0 bridgehead atoms. The Hall–Kier alpha value is -1.92. The third-order valence-corrected chi connectivity index (χ3v) is 5.03. The summed E-state index contributed by atoms with van der Waals surface area (Å²) < 4.78 is 1.43. The first-order chi connectivity index (χ1) is 11.5. The normalized spacial score (nSPS) is 20.2. The summed E-state index contributed by atoms with van der Waals surface area (Å²) in [5.41, 5.74) is 1.56. The zero-order valence-electron chi connectivity index (χ0n) is 13.7. The van der Waals surface area contributed by atoms with E-state index in [2.05, 4.69) is 41.9 Å². The van der Waals surface area contributed by atoms with E-state index in [4.69, 9.17) is 10.2 Å². The molecule has 2 aromatic rings. The maximum absolute atomic E-state index is 9.64. The fourth-order valence-corrected chi connectivity index (χ4v) is 3.82. The van der Waals surface area contributed by atoms with E-state index in [-0.39, 0.29) is 12.8 Å². The predicted octanol–water partition coefficient (Wildman–Crippen LogP) is 3.69. The summed E-state index contributed by atoms with van der Waals surface area (Å²) in [4.78, 5) is 19.3. The Kier molecular flexibility index (Phi) is 6.75. The minimum atomic E-state index is -1.08. The number of carboxylic acids is 2. The number of hydrogen-bond acceptors (Lipinski definition) is 4. The van der Waals surface area contributed by atoms with Gasteiger partial charge in [-0.1, -0.05) is 12.1 Å². The smallest absolute Gasteiger partial charge is 0.303 e. The molecule has 2 atom stereocenters. The highest BCUT2D eigenvalue weighted by Gasteiger charge is 2.21. The summed E-state index contributed by atoms with van der Waals surface area (Å²) >= 11 is 1.85. The van der Waals surface area contributed by atoms with Gasteiger partial charge in [0, 0.05) is 10.7 Å². The van der Waals surface area contributed by atoms with Crippen LogP contribution in [0.5, 0.6) is 0 Å². The molecule has 3 N–H and O–H groups in total. The number of carbonyl (C=O) groups is 2. The van der Waals surface area contributed by atoms with Crippen LogP contribution in [0.25, 0.3) is 10.1 Å². The second kappa shape index (κ2) is 8.80. The molecule has 1 aromatic heterocycles. The van der Waals surface area contributed by atoms with E-state index in [1.807, 2.05) is 11.3 Å². The average molecular weight is 349 g/mol. The van der Waals surface area contributed by atoms with Gasteiger partial charge in [0.1, 0.15) is 0 Å². The Morgan fingerprint density at radius 3 is 2.54 bits per heavy atom. The molecule has 6 heteroatoms. The molecule has 0 unspecified atom stereocenters. The van der Waals surface area contributed by atoms with E-state index in [1.54, 1.807) is 5.56 Å². The molecular weight excluding hydrogens is 326 g/mol. The standard InChI is InChI=1S/C14H17NS.C4H6O4/c1-10-9-11(5-7-15-10)12-3-2-4-14-13(12)6-8-16-14;5-3(6)1-2-4(7)8/h2-4,6,8,10-11,15H,5,7,9H2,1H3;1-2H2,(H,5,6)(H,7,8)/t10-,11+;/m1./s1. The van der Waals surface area contributed by atoms with Gasteiger partial charge in [0.25, 0.3) is 0 Å². The van der Waals surface area contributed by atoms with Gasteiger partial charge in [-0.15, -0.1) is 11.3 Å². The molecule has 0 radical (unpaired) electrons. The molecule has 1 fully saturated rings. The molecule has 5 nitrogen and oxygen atoms in total. The van der Waals surface area contributed by atoms with Crippen molar-refractivity contribution in [2.24, 2.45) is 0 Å². The predicted molar refractivity (Wildman–Crippen MR) is 95.8 cm³/mol. The lowest BCUT2D eigenvalue weighted by Crippen LogP contribution is -2.34. The maximum atomic E-state index is 9.64. The van der Waals surface area contributed by atoms with Crippen molar-refractivity contribution in [3.05, 3.63) is 35.2 Å². The Labute approximate surface area is 145 Å². The molecule has 1 aliphatic heterocycles. The third kappa shape index (κ3) is 5.32. The SMILES string of the molecule is C[C@@H]1C[C@@H](c2cccc3sccc23)CCN1.O=C(O)CCC(=O)O. The number of thiophene rings is 1. The van der Waals surface area contributed by atoms with Crippen LogP contribution in [0.3, 0.4) is 0 Å². The molecule has 0 aliphatic carbocycles. The summed E-state index contributed by atoms with van der Waals surface area (Å²) in [6.07, 6.45) is 1.96. The molecule has 0 amide bonds. The van der Waals surface area contributed by atoms with E-state index in [0.29, 0.717) is 6.04 Å². The second-order valence-electron chi connectivity index (χ2n) is 6.04. The van der Waals surface area contributed by atoms with Gasteiger partial charge in [-0.2, -0.15) is 0 Å². The number of nitrogens with one attached hydrogen (secondary N) is 1. The van der Waals surface area contributed by atoms with Crippen molar-refractivity contribution in [2.75, 3.05) is 6.54 Å². The van der Waals surface area contributed by atoms with Gasteiger partial charge in [0.15, 0.2) is 0 Å². The summed E-state index contributed by atoms with van der Waals surface area (Å²) in [6, 6.07) is 9.70. The number of piperidine rings is 1. The molecule has 1 aliphatic rings. The van der Waals surface area contributed by atoms with Crippen LogP contribution in [-0.2, 0) is 9.59 Å². The Bertz CT molecular complexity index is 683. The highest BCUT2D eigenvalue weighted by molar-refractivity contribution is 7.17. The number of carboxylic acid groups (broad SMARTS) is 2. The molecule has 2 heterocycles. The molecular formula is C18H23NO4S. The first-order valence-corrected chi connectivity index (χ1v) is 8.98. The Morgan fingerprint density at radius 2 is 1.92 bits per heavy atom. The van der Waals surface area contributed by atoms with Gasteiger partial charge in [-0.25, -0.2) is 0 Å². The Morgan fingerprint density at radius 1 is 1.21 bits per heavy atom. The zero-order valence-corrected chi connectivity index (χ0v) is 14.5. The van der Waals surface area contributed by atoms with Crippen molar-refractivity contribution in [3.63, 3.8) is 0 Å². The molecule has 1 saturated heterocycles. The third-order valence-electron chi connectivity index (χ3n) is 4.15. The van der Waals surface area contributed by atoms with Gasteiger partial charge in [0.2, 0.25) is 0 Å². The van der Waals surface area contributed by atoms with Gasteiger partial charge >= 0.3 is 11.9 Å². The lowest BCUT2D eigenvalue weighted by Gasteiger charge is -2.28. The van der Waals surface area contributed by atoms with Crippen LogP contribution in [0, 0.1) is 0 Å². The Balaban J connectivity index is 0.000000224. The lowest BCUT2D eigenvalue weighted by atomic mass is 9.85. The minimum Gasteiger partial charge on any atom is -0.481 e. The minimum absolute atomic E-state index is 0.296. The monoisotopic (exact) mass is 349 g/mol. The molecule has 0 spiro atoms.